The molecule has 4 rings (SSSR count). The van der Waals surface area contributed by atoms with Crippen LogP contribution in [0.2, 0.25) is 5.02 Å². The van der Waals surface area contributed by atoms with E-state index in [2.05, 4.69) is 5.32 Å². The minimum absolute atomic E-state index is 0.166. The third-order valence-corrected chi connectivity index (χ3v) is 5.79. The molecule has 0 amide bonds. The van der Waals surface area contributed by atoms with Crippen molar-refractivity contribution in [1.29, 1.82) is 0 Å². The van der Waals surface area contributed by atoms with Crippen molar-refractivity contribution in [2.75, 3.05) is 6.54 Å². The van der Waals surface area contributed by atoms with Crippen molar-refractivity contribution < 1.29 is 18.3 Å². The Morgan fingerprint density at radius 3 is 2.54 bits per heavy atom. The van der Waals surface area contributed by atoms with Crippen molar-refractivity contribution in [3.63, 3.8) is 0 Å². The van der Waals surface area contributed by atoms with Gasteiger partial charge in [0.1, 0.15) is 0 Å². The fraction of sp³-hybridized carbons (Fsp3) is 0.364. The van der Waals surface area contributed by atoms with Gasteiger partial charge in [-0.25, -0.2) is 0 Å². The first-order valence-corrected chi connectivity index (χ1v) is 9.85. The standard InChI is InChI=1S/C22H21ClF3NO/c23-15-5-7-17-13(9-15)10-20(21(28)12-16-3-1-2-8-27-16)19-11-14(22(24,25)26)4-6-18(17)19/h4-7,9-11,16,21,27-28H,1-3,8,12H2. The lowest BCUT2D eigenvalue weighted by Crippen LogP contribution is -2.35. The Morgan fingerprint density at radius 2 is 1.82 bits per heavy atom. The number of hydrogen-bond acceptors (Lipinski definition) is 2. The molecule has 0 spiro atoms. The van der Waals surface area contributed by atoms with Crippen molar-refractivity contribution in [3.8, 4) is 0 Å². The van der Waals surface area contributed by atoms with Gasteiger partial charge in [-0.05, 0) is 83.2 Å². The summed E-state index contributed by atoms with van der Waals surface area (Å²) in [6.07, 6.45) is -1.66. The van der Waals surface area contributed by atoms with E-state index in [0.717, 1.165) is 48.7 Å². The number of fused-ring (bicyclic) bond motifs is 3. The van der Waals surface area contributed by atoms with Crippen LogP contribution in [0.4, 0.5) is 13.2 Å². The van der Waals surface area contributed by atoms with Gasteiger partial charge in [0.15, 0.2) is 0 Å². The summed E-state index contributed by atoms with van der Waals surface area (Å²) in [6, 6.07) is 11.0. The van der Waals surface area contributed by atoms with Crippen LogP contribution in [-0.4, -0.2) is 17.7 Å². The van der Waals surface area contributed by atoms with Crippen molar-refractivity contribution >= 4 is 33.1 Å². The van der Waals surface area contributed by atoms with Gasteiger partial charge in [-0.3, -0.25) is 0 Å². The van der Waals surface area contributed by atoms with Crippen molar-refractivity contribution in [2.45, 2.75) is 44.0 Å². The number of rotatable bonds is 3. The van der Waals surface area contributed by atoms with Gasteiger partial charge in [-0.2, -0.15) is 13.2 Å². The summed E-state index contributed by atoms with van der Waals surface area (Å²) >= 11 is 6.12. The Morgan fingerprint density at radius 1 is 1.04 bits per heavy atom. The van der Waals surface area contributed by atoms with Gasteiger partial charge in [0.05, 0.1) is 11.7 Å². The molecule has 1 heterocycles. The molecule has 1 fully saturated rings. The van der Waals surface area contributed by atoms with Crippen LogP contribution in [0.25, 0.3) is 21.5 Å². The van der Waals surface area contributed by atoms with Crippen molar-refractivity contribution in [1.82, 2.24) is 5.32 Å². The number of halogens is 4. The van der Waals surface area contributed by atoms with E-state index in [-0.39, 0.29) is 6.04 Å². The Bertz CT molecular complexity index is 1010. The number of nitrogens with one attached hydrogen (secondary N) is 1. The quantitative estimate of drug-likeness (QED) is 0.504. The lowest BCUT2D eigenvalue weighted by Gasteiger charge is -2.26. The summed E-state index contributed by atoms with van der Waals surface area (Å²) in [6.45, 7) is 0.906. The van der Waals surface area contributed by atoms with E-state index in [4.69, 9.17) is 11.6 Å². The molecular weight excluding hydrogens is 387 g/mol. The number of alkyl halides is 3. The maximum Gasteiger partial charge on any atom is 0.416 e. The van der Waals surface area contributed by atoms with E-state index in [1.807, 2.05) is 6.07 Å². The van der Waals surface area contributed by atoms with E-state index in [9.17, 15) is 18.3 Å². The van der Waals surface area contributed by atoms with Crippen LogP contribution in [0, 0.1) is 0 Å². The Balaban J connectivity index is 1.87. The highest BCUT2D eigenvalue weighted by Crippen LogP contribution is 2.38. The highest BCUT2D eigenvalue weighted by Gasteiger charge is 2.31. The average molecular weight is 408 g/mol. The fourth-order valence-electron chi connectivity index (χ4n) is 4.14. The molecule has 0 saturated carbocycles. The minimum atomic E-state index is -4.43. The number of benzene rings is 3. The molecular formula is C22H21ClF3NO. The van der Waals surface area contributed by atoms with Crippen molar-refractivity contribution in [3.05, 3.63) is 58.6 Å². The summed E-state index contributed by atoms with van der Waals surface area (Å²) in [7, 11) is 0. The first kappa shape index (κ1) is 19.5. The van der Waals surface area contributed by atoms with Gasteiger partial charge >= 0.3 is 6.18 Å². The third-order valence-electron chi connectivity index (χ3n) is 5.55. The summed E-state index contributed by atoms with van der Waals surface area (Å²) in [5.74, 6) is 0. The maximum atomic E-state index is 13.3. The molecule has 2 unspecified atom stereocenters. The minimum Gasteiger partial charge on any atom is -0.388 e. The smallest absolute Gasteiger partial charge is 0.388 e. The fourth-order valence-corrected chi connectivity index (χ4v) is 4.32. The number of hydrogen-bond donors (Lipinski definition) is 2. The Labute approximate surface area is 166 Å². The monoisotopic (exact) mass is 407 g/mol. The van der Waals surface area contributed by atoms with Gasteiger partial charge in [0.25, 0.3) is 0 Å². The topological polar surface area (TPSA) is 32.3 Å². The second-order valence-corrected chi connectivity index (χ2v) is 7.92. The Kier molecular flexibility index (Phi) is 5.25. The van der Waals surface area contributed by atoms with Crippen molar-refractivity contribution in [2.24, 2.45) is 0 Å². The highest BCUT2D eigenvalue weighted by atomic mass is 35.5. The number of aliphatic hydroxyl groups excluding tert-OH is 1. The molecule has 2 atom stereocenters. The summed E-state index contributed by atoms with van der Waals surface area (Å²) in [4.78, 5) is 0. The molecule has 3 aromatic rings. The number of aliphatic hydroxyl groups is 1. The summed E-state index contributed by atoms with van der Waals surface area (Å²) < 4.78 is 39.9. The predicted octanol–water partition coefficient (Wildman–Crippen LogP) is 6.23. The van der Waals surface area contributed by atoms with Crippen LogP contribution in [0.3, 0.4) is 0 Å². The zero-order valence-electron chi connectivity index (χ0n) is 15.2. The first-order chi connectivity index (χ1) is 13.3. The summed E-state index contributed by atoms with van der Waals surface area (Å²) in [5, 5.41) is 17.6. The van der Waals surface area contributed by atoms with Crippen LogP contribution >= 0.6 is 11.6 Å². The molecule has 0 radical (unpaired) electrons. The second-order valence-electron chi connectivity index (χ2n) is 7.49. The van der Waals surface area contributed by atoms with E-state index < -0.39 is 17.8 Å². The van der Waals surface area contributed by atoms with E-state index in [1.165, 1.54) is 6.07 Å². The third kappa shape index (κ3) is 3.84. The molecule has 148 valence electrons. The zero-order chi connectivity index (χ0) is 19.9. The predicted molar refractivity (Wildman–Crippen MR) is 107 cm³/mol. The molecule has 0 aliphatic carbocycles. The first-order valence-electron chi connectivity index (χ1n) is 9.47. The molecule has 1 aliphatic rings. The lowest BCUT2D eigenvalue weighted by molar-refractivity contribution is -0.137. The van der Waals surface area contributed by atoms with Crippen LogP contribution in [-0.2, 0) is 6.18 Å². The van der Waals surface area contributed by atoms with Crippen LogP contribution < -0.4 is 5.32 Å². The van der Waals surface area contributed by atoms with Crippen LogP contribution in [0.5, 0.6) is 0 Å². The molecule has 0 bridgehead atoms. The largest absolute Gasteiger partial charge is 0.416 e. The molecule has 6 heteroatoms. The normalized spacial score (nSPS) is 19.2. The SMILES string of the molecule is OC(CC1CCCCN1)c1cc2cc(Cl)ccc2c2ccc(C(F)(F)F)cc12. The van der Waals surface area contributed by atoms with Gasteiger partial charge in [0, 0.05) is 11.1 Å². The summed E-state index contributed by atoms with van der Waals surface area (Å²) in [5.41, 5.74) is -0.194. The van der Waals surface area contributed by atoms with Gasteiger partial charge in [-0.15, -0.1) is 0 Å². The zero-order valence-corrected chi connectivity index (χ0v) is 15.9. The maximum absolute atomic E-state index is 13.3. The van der Waals surface area contributed by atoms with E-state index in [0.29, 0.717) is 27.8 Å². The number of piperidine rings is 1. The van der Waals surface area contributed by atoms with Gasteiger partial charge in [-0.1, -0.05) is 30.2 Å². The van der Waals surface area contributed by atoms with Crippen LogP contribution in [0.1, 0.15) is 42.9 Å². The molecule has 1 aliphatic heterocycles. The molecule has 2 N–H and O–H groups in total. The Hall–Kier alpha value is -1.82. The van der Waals surface area contributed by atoms with Gasteiger partial charge in [0.2, 0.25) is 0 Å². The molecule has 1 saturated heterocycles. The highest BCUT2D eigenvalue weighted by molar-refractivity contribution is 6.31. The van der Waals surface area contributed by atoms with Gasteiger partial charge < -0.3 is 10.4 Å². The second kappa shape index (κ2) is 7.54. The molecule has 0 aromatic heterocycles. The average Bonchev–Trinajstić information content (AvgIpc) is 2.66. The van der Waals surface area contributed by atoms with E-state index in [1.54, 1.807) is 18.2 Å². The molecule has 3 aromatic carbocycles. The lowest BCUT2D eigenvalue weighted by atomic mass is 9.89. The van der Waals surface area contributed by atoms with Crippen LogP contribution in [0.15, 0.2) is 42.5 Å². The molecule has 28 heavy (non-hydrogen) atoms. The van der Waals surface area contributed by atoms with E-state index >= 15 is 0 Å². The molecule has 2 nitrogen and oxygen atoms in total.